The molecule has 0 aliphatic rings. The minimum Gasteiger partial charge on any atom is -0.493 e. The van der Waals surface area contributed by atoms with Crippen molar-refractivity contribution < 1.29 is 14.2 Å². The summed E-state index contributed by atoms with van der Waals surface area (Å²) in [7, 11) is 4.86. The van der Waals surface area contributed by atoms with E-state index in [4.69, 9.17) is 14.2 Å². The Bertz CT molecular complexity index is 418. The van der Waals surface area contributed by atoms with Crippen LogP contribution in [0.15, 0.2) is 24.8 Å². The summed E-state index contributed by atoms with van der Waals surface area (Å²) in [5.74, 6) is 1.99. The lowest BCUT2D eigenvalue weighted by Gasteiger charge is -2.22. The molecule has 106 valence electrons. The van der Waals surface area contributed by atoms with Gasteiger partial charge < -0.3 is 19.5 Å². The van der Waals surface area contributed by atoms with Crippen LogP contribution < -0.4 is 19.5 Å². The van der Waals surface area contributed by atoms with Crippen LogP contribution in [0, 0.1) is 0 Å². The smallest absolute Gasteiger partial charge is 0.203 e. The Morgan fingerprint density at radius 3 is 2.32 bits per heavy atom. The molecule has 1 rings (SSSR count). The van der Waals surface area contributed by atoms with Crippen LogP contribution in [0.2, 0.25) is 0 Å². The van der Waals surface area contributed by atoms with Crippen molar-refractivity contribution in [3.05, 3.63) is 30.4 Å². The van der Waals surface area contributed by atoms with Gasteiger partial charge in [-0.15, -0.1) is 6.58 Å². The molecule has 0 saturated carbocycles. The van der Waals surface area contributed by atoms with E-state index in [2.05, 4.69) is 18.8 Å². The van der Waals surface area contributed by atoms with Gasteiger partial charge in [0.2, 0.25) is 5.75 Å². The molecule has 0 aromatic heterocycles. The average Bonchev–Trinajstić information content (AvgIpc) is 2.45. The van der Waals surface area contributed by atoms with Gasteiger partial charge in [-0.25, -0.2) is 0 Å². The van der Waals surface area contributed by atoms with Gasteiger partial charge in [0, 0.05) is 11.6 Å². The van der Waals surface area contributed by atoms with Gasteiger partial charge in [-0.1, -0.05) is 13.0 Å². The van der Waals surface area contributed by atoms with Crippen LogP contribution in [0.3, 0.4) is 0 Å². The lowest BCUT2D eigenvalue weighted by atomic mass is 10.0. The van der Waals surface area contributed by atoms with Crippen LogP contribution in [0.4, 0.5) is 0 Å². The lowest BCUT2D eigenvalue weighted by molar-refractivity contribution is 0.319. The minimum atomic E-state index is 0.150. The molecule has 1 unspecified atom stereocenters. The van der Waals surface area contributed by atoms with Gasteiger partial charge in [-0.3, -0.25) is 0 Å². The Kier molecular flexibility index (Phi) is 6.22. The molecular weight excluding hydrogens is 242 g/mol. The summed E-state index contributed by atoms with van der Waals surface area (Å²) >= 11 is 0. The molecule has 0 spiro atoms. The predicted octanol–water partition coefficient (Wildman–Crippen LogP) is 2.94. The molecule has 1 atom stereocenters. The topological polar surface area (TPSA) is 39.7 Å². The molecule has 0 amide bonds. The average molecular weight is 265 g/mol. The summed E-state index contributed by atoms with van der Waals surface area (Å²) in [6, 6.07) is 4.04. The van der Waals surface area contributed by atoms with Crippen molar-refractivity contribution >= 4 is 0 Å². The number of hydrogen-bond acceptors (Lipinski definition) is 4. The molecule has 0 heterocycles. The molecule has 0 bridgehead atoms. The first-order valence-corrected chi connectivity index (χ1v) is 6.36. The largest absolute Gasteiger partial charge is 0.493 e. The van der Waals surface area contributed by atoms with Gasteiger partial charge in [0.05, 0.1) is 21.3 Å². The van der Waals surface area contributed by atoms with Crippen LogP contribution in [0.1, 0.15) is 24.9 Å². The molecule has 1 N–H and O–H groups in total. The van der Waals surface area contributed by atoms with Crippen molar-refractivity contribution in [1.82, 2.24) is 5.32 Å². The van der Waals surface area contributed by atoms with E-state index in [-0.39, 0.29) is 6.04 Å². The van der Waals surface area contributed by atoms with Gasteiger partial charge in [0.15, 0.2) is 11.5 Å². The molecule has 4 nitrogen and oxygen atoms in total. The summed E-state index contributed by atoms with van der Waals surface area (Å²) < 4.78 is 16.2. The number of nitrogens with one attached hydrogen (secondary N) is 1. The van der Waals surface area contributed by atoms with Gasteiger partial charge in [0.1, 0.15) is 0 Å². The zero-order valence-electron chi connectivity index (χ0n) is 12.2. The number of ether oxygens (including phenoxy) is 3. The third kappa shape index (κ3) is 3.41. The van der Waals surface area contributed by atoms with Crippen LogP contribution in [0.25, 0.3) is 0 Å². The number of hydrogen-bond donors (Lipinski definition) is 1. The third-order valence-electron chi connectivity index (χ3n) is 2.96. The zero-order valence-corrected chi connectivity index (χ0v) is 12.2. The first-order valence-electron chi connectivity index (χ1n) is 6.36. The van der Waals surface area contributed by atoms with Crippen molar-refractivity contribution in [3.8, 4) is 17.2 Å². The molecule has 19 heavy (non-hydrogen) atoms. The Morgan fingerprint density at radius 2 is 1.84 bits per heavy atom. The van der Waals surface area contributed by atoms with E-state index in [0.717, 1.165) is 18.5 Å². The Balaban J connectivity index is 3.28. The highest BCUT2D eigenvalue weighted by molar-refractivity contribution is 5.56. The SMILES string of the molecule is C=CCC(NCC)c1ccc(OC)c(OC)c1OC. The fraction of sp³-hybridized carbons (Fsp3) is 0.467. The summed E-state index contributed by atoms with van der Waals surface area (Å²) in [5.41, 5.74) is 1.04. The fourth-order valence-electron chi connectivity index (χ4n) is 2.13. The van der Waals surface area contributed by atoms with E-state index in [1.165, 1.54) is 0 Å². The summed E-state index contributed by atoms with van der Waals surface area (Å²) in [6.45, 7) is 6.75. The maximum Gasteiger partial charge on any atom is 0.203 e. The quantitative estimate of drug-likeness (QED) is 0.734. The highest BCUT2D eigenvalue weighted by atomic mass is 16.5. The maximum atomic E-state index is 5.50. The lowest BCUT2D eigenvalue weighted by Crippen LogP contribution is -2.21. The molecule has 1 aromatic carbocycles. The highest BCUT2D eigenvalue weighted by Gasteiger charge is 2.20. The number of rotatable bonds is 8. The van der Waals surface area contributed by atoms with Gasteiger partial charge in [-0.05, 0) is 25.1 Å². The second-order valence-electron chi connectivity index (χ2n) is 4.06. The predicted molar refractivity (Wildman–Crippen MR) is 77.3 cm³/mol. The second kappa shape index (κ2) is 7.69. The van der Waals surface area contributed by atoms with Gasteiger partial charge in [0.25, 0.3) is 0 Å². The number of benzene rings is 1. The van der Waals surface area contributed by atoms with Crippen molar-refractivity contribution in [3.63, 3.8) is 0 Å². The molecule has 0 fully saturated rings. The van der Waals surface area contributed by atoms with Gasteiger partial charge in [-0.2, -0.15) is 0 Å². The molecule has 0 saturated heterocycles. The summed E-state index contributed by atoms with van der Waals surface area (Å²) in [5, 5.41) is 3.42. The Morgan fingerprint density at radius 1 is 1.16 bits per heavy atom. The Hall–Kier alpha value is -1.68. The fourth-order valence-corrected chi connectivity index (χ4v) is 2.13. The van der Waals surface area contributed by atoms with Crippen molar-refractivity contribution in [2.45, 2.75) is 19.4 Å². The van der Waals surface area contributed by atoms with E-state index < -0.39 is 0 Å². The maximum absolute atomic E-state index is 5.50. The zero-order chi connectivity index (χ0) is 14.3. The second-order valence-corrected chi connectivity index (χ2v) is 4.06. The molecular formula is C15H23NO3. The first kappa shape index (κ1) is 15.4. The van der Waals surface area contributed by atoms with E-state index in [0.29, 0.717) is 17.2 Å². The van der Waals surface area contributed by atoms with E-state index in [1.54, 1.807) is 21.3 Å². The first-order chi connectivity index (χ1) is 9.23. The van der Waals surface area contributed by atoms with Crippen molar-refractivity contribution in [1.29, 1.82) is 0 Å². The van der Waals surface area contributed by atoms with E-state index in [1.807, 2.05) is 18.2 Å². The van der Waals surface area contributed by atoms with Crippen molar-refractivity contribution in [2.24, 2.45) is 0 Å². The molecule has 4 heteroatoms. The normalized spacial score (nSPS) is 11.8. The molecule has 1 aromatic rings. The molecule has 0 aliphatic carbocycles. The molecule has 0 radical (unpaired) electrons. The van der Waals surface area contributed by atoms with Crippen molar-refractivity contribution in [2.75, 3.05) is 27.9 Å². The standard InChI is InChI=1S/C15H23NO3/c1-6-8-12(16-7-2)11-9-10-13(17-3)15(19-5)14(11)18-4/h6,9-10,12,16H,1,7-8H2,2-5H3. The van der Waals surface area contributed by atoms with Crippen LogP contribution in [-0.2, 0) is 0 Å². The minimum absolute atomic E-state index is 0.150. The summed E-state index contributed by atoms with van der Waals surface area (Å²) in [6.07, 6.45) is 2.71. The van der Waals surface area contributed by atoms with E-state index >= 15 is 0 Å². The van der Waals surface area contributed by atoms with Crippen LogP contribution in [0.5, 0.6) is 17.2 Å². The highest BCUT2D eigenvalue weighted by Crippen LogP contribution is 2.42. The Labute approximate surface area is 115 Å². The van der Waals surface area contributed by atoms with Crippen LogP contribution >= 0.6 is 0 Å². The third-order valence-corrected chi connectivity index (χ3v) is 2.96. The summed E-state index contributed by atoms with van der Waals surface area (Å²) in [4.78, 5) is 0. The number of methoxy groups -OCH3 is 3. The molecule has 0 aliphatic heterocycles. The van der Waals surface area contributed by atoms with Gasteiger partial charge >= 0.3 is 0 Å². The van der Waals surface area contributed by atoms with E-state index in [9.17, 15) is 0 Å². The van der Waals surface area contributed by atoms with Crippen LogP contribution in [-0.4, -0.2) is 27.9 Å². The monoisotopic (exact) mass is 265 g/mol.